The molecule has 2 aromatic heterocycles. The van der Waals surface area contributed by atoms with Gasteiger partial charge in [0.2, 0.25) is 5.88 Å². The van der Waals surface area contributed by atoms with Crippen LogP contribution in [-0.2, 0) is 0 Å². The topological polar surface area (TPSA) is 93.2 Å². The Morgan fingerprint density at radius 2 is 1.79 bits per heavy atom. The number of aromatic nitrogens is 2. The molecule has 29 heavy (non-hydrogen) atoms. The van der Waals surface area contributed by atoms with Gasteiger partial charge in [0.15, 0.2) is 0 Å². The second kappa shape index (κ2) is 9.74. The highest BCUT2D eigenvalue weighted by atomic mass is 79.9. The monoisotopic (exact) mass is 458 g/mol. The van der Waals surface area contributed by atoms with Crippen LogP contribution in [0.5, 0.6) is 11.6 Å². The maximum absolute atomic E-state index is 13.2. The van der Waals surface area contributed by atoms with E-state index in [2.05, 4.69) is 36.5 Å². The van der Waals surface area contributed by atoms with Gasteiger partial charge < -0.3 is 15.4 Å². The number of ether oxygens (including phenoxy) is 1. The van der Waals surface area contributed by atoms with Gasteiger partial charge in [0.25, 0.3) is 11.8 Å². The molecule has 7 nitrogen and oxygen atoms in total. The summed E-state index contributed by atoms with van der Waals surface area (Å²) in [6.45, 7) is 0.443. The van der Waals surface area contributed by atoms with Crippen LogP contribution in [0.15, 0.2) is 65.5 Å². The molecule has 0 unspecified atom stereocenters. The van der Waals surface area contributed by atoms with Crippen molar-refractivity contribution in [2.75, 3.05) is 13.1 Å². The summed E-state index contributed by atoms with van der Waals surface area (Å²) in [4.78, 5) is 32.4. The molecule has 0 aliphatic heterocycles. The van der Waals surface area contributed by atoms with Crippen LogP contribution >= 0.6 is 15.9 Å². The Morgan fingerprint density at radius 1 is 1.03 bits per heavy atom. The summed E-state index contributed by atoms with van der Waals surface area (Å²) in [6.07, 6.45) is 4.52. The van der Waals surface area contributed by atoms with E-state index in [0.717, 1.165) is 0 Å². The molecule has 0 atom stereocenters. The summed E-state index contributed by atoms with van der Waals surface area (Å²) < 4.78 is 19.3. The number of carbonyl (C=O) groups is 2. The van der Waals surface area contributed by atoms with Crippen molar-refractivity contribution in [3.63, 3.8) is 0 Å². The molecule has 2 N–H and O–H groups in total. The fraction of sp³-hybridized carbons (Fsp3) is 0.100. The molecule has 0 aliphatic rings. The summed E-state index contributed by atoms with van der Waals surface area (Å²) in [5, 5.41) is 5.39. The molecule has 0 saturated heterocycles. The van der Waals surface area contributed by atoms with Crippen LogP contribution in [0.2, 0.25) is 0 Å². The van der Waals surface area contributed by atoms with Crippen LogP contribution in [0.3, 0.4) is 0 Å². The molecular formula is C20H16BrFN4O3. The number of nitrogens with one attached hydrogen (secondary N) is 2. The number of carbonyl (C=O) groups excluding carboxylic acids is 2. The molecule has 148 valence electrons. The second-order valence-corrected chi connectivity index (χ2v) is 6.64. The molecule has 2 heterocycles. The summed E-state index contributed by atoms with van der Waals surface area (Å²) >= 11 is 3.21. The summed E-state index contributed by atoms with van der Waals surface area (Å²) in [7, 11) is 0. The van der Waals surface area contributed by atoms with E-state index in [4.69, 9.17) is 4.74 Å². The lowest BCUT2D eigenvalue weighted by molar-refractivity contribution is 0.0925. The van der Waals surface area contributed by atoms with Crippen LogP contribution in [0.25, 0.3) is 0 Å². The Hall–Kier alpha value is -3.33. The predicted molar refractivity (Wildman–Crippen MR) is 107 cm³/mol. The van der Waals surface area contributed by atoms with Crippen molar-refractivity contribution < 1.29 is 18.7 Å². The van der Waals surface area contributed by atoms with Crippen molar-refractivity contribution in [2.24, 2.45) is 0 Å². The predicted octanol–water partition coefficient (Wildman–Crippen LogP) is 3.33. The molecule has 2 amide bonds. The summed E-state index contributed by atoms with van der Waals surface area (Å²) in [5.41, 5.74) is 0.647. The fourth-order valence-electron chi connectivity index (χ4n) is 2.35. The summed E-state index contributed by atoms with van der Waals surface area (Å²) in [6, 6.07) is 10.4. The minimum atomic E-state index is -0.420. The zero-order valence-electron chi connectivity index (χ0n) is 15.1. The van der Waals surface area contributed by atoms with Crippen molar-refractivity contribution in [3.05, 3.63) is 82.5 Å². The molecule has 1 aromatic carbocycles. The first-order valence-corrected chi connectivity index (χ1v) is 9.38. The first-order valence-electron chi connectivity index (χ1n) is 8.59. The van der Waals surface area contributed by atoms with Crippen LogP contribution < -0.4 is 15.4 Å². The Kier molecular flexibility index (Phi) is 6.85. The number of halogens is 2. The van der Waals surface area contributed by atoms with Gasteiger partial charge in [-0.2, -0.15) is 0 Å². The number of nitrogens with zero attached hydrogens (tertiary/aromatic N) is 2. The maximum atomic E-state index is 13.2. The zero-order valence-corrected chi connectivity index (χ0v) is 16.6. The number of benzene rings is 1. The normalized spacial score (nSPS) is 10.3. The molecule has 0 saturated carbocycles. The van der Waals surface area contributed by atoms with E-state index in [9.17, 15) is 14.0 Å². The molecule has 0 aliphatic carbocycles. The van der Waals surface area contributed by atoms with Crippen molar-refractivity contribution in [3.8, 4) is 11.6 Å². The third kappa shape index (κ3) is 5.58. The van der Waals surface area contributed by atoms with Gasteiger partial charge in [-0.15, -0.1) is 0 Å². The average molecular weight is 459 g/mol. The minimum absolute atomic E-state index is 0.0803. The molecule has 3 aromatic rings. The summed E-state index contributed by atoms with van der Waals surface area (Å²) in [5.74, 6) is -0.711. The highest BCUT2D eigenvalue weighted by molar-refractivity contribution is 9.10. The smallest absolute Gasteiger partial charge is 0.256 e. The second-order valence-electron chi connectivity index (χ2n) is 5.79. The zero-order chi connectivity index (χ0) is 20.6. The number of amides is 2. The number of rotatable bonds is 7. The van der Waals surface area contributed by atoms with Crippen molar-refractivity contribution in [1.82, 2.24) is 20.6 Å². The van der Waals surface area contributed by atoms with Gasteiger partial charge in [-0.1, -0.05) is 0 Å². The van der Waals surface area contributed by atoms with Crippen LogP contribution in [-0.4, -0.2) is 34.9 Å². The van der Waals surface area contributed by atoms with Gasteiger partial charge in [-0.25, -0.2) is 9.37 Å². The molecule has 3 rings (SSSR count). The molecule has 0 bridgehead atoms. The Balaban J connectivity index is 1.58. The van der Waals surface area contributed by atoms with Crippen LogP contribution in [0.4, 0.5) is 4.39 Å². The standard InChI is InChI=1S/C20H16BrFN4O3/c21-16-11-14(22)5-6-17(16)29-20-15(4-2-8-26-20)19(28)25-10-9-24-18(27)13-3-1-7-23-12-13/h1-8,11-12H,9-10H2,(H,24,27)(H,25,28). The quantitative estimate of drug-likeness (QED) is 0.529. The van der Waals surface area contributed by atoms with Gasteiger partial charge in [0, 0.05) is 31.7 Å². The van der Waals surface area contributed by atoms with Crippen molar-refractivity contribution in [2.45, 2.75) is 0 Å². The van der Waals surface area contributed by atoms with E-state index in [1.807, 2.05) is 0 Å². The highest BCUT2D eigenvalue weighted by Gasteiger charge is 2.15. The van der Waals surface area contributed by atoms with Gasteiger partial charge in [0.1, 0.15) is 17.1 Å². The fourth-order valence-corrected chi connectivity index (χ4v) is 2.79. The maximum Gasteiger partial charge on any atom is 0.256 e. The Labute approximate surface area is 174 Å². The highest BCUT2D eigenvalue weighted by Crippen LogP contribution is 2.30. The van der Waals surface area contributed by atoms with E-state index in [-0.39, 0.29) is 30.4 Å². The van der Waals surface area contributed by atoms with Gasteiger partial charge >= 0.3 is 0 Å². The Bertz CT molecular complexity index is 1020. The SMILES string of the molecule is O=C(NCCNC(=O)c1cccnc1Oc1ccc(F)cc1Br)c1cccnc1. The van der Waals surface area contributed by atoms with E-state index in [0.29, 0.717) is 15.8 Å². The van der Waals surface area contributed by atoms with E-state index >= 15 is 0 Å². The third-order valence-corrected chi connectivity index (χ3v) is 4.36. The van der Waals surface area contributed by atoms with Gasteiger partial charge in [0.05, 0.1) is 10.0 Å². The molecule has 0 radical (unpaired) electrons. The van der Waals surface area contributed by atoms with Crippen LogP contribution in [0, 0.1) is 5.82 Å². The van der Waals surface area contributed by atoms with Crippen molar-refractivity contribution >= 4 is 27.7 Å². The Morgan fingerprint density at radius 3 is 2.52 bits per heavy atom. The van der Waals surface area contributed by atoms with Gasteiger partial charge in [-0.05, 0) is 58.4 Å². The average Bonchev–Trinajstić information content (AvgIpc) is 2.74. The first kappa shape index (κ1) is 20.4. The van der Waals surface area contributed by atoms with E-state index in [1.54, 1.807) is 30.5 Å². The van der Waals surface area contributed by atoms with E-state index in [1.165, 1.54) is 30.6 Å². The lowest BCUT2D eigenvalue weighted by Crippen LogP contribution is -2.34. The molecular weight excluding hydrogens is 443 g/mol. The molecule has 9 heteroatoms. The lowest BCUT2D eigenvalue weighted by Gasteiger charge is -2.11. The first-order chi connectivity index (χ1) is 14.0. The largest absolute Gasteiger partial charge is 0.437 e. The van der Waals surface area contributed by atoms with Crippen LogP contribution in [0.1, 0.15) is 20.7 Å². The van der Waals surface area contributed by atoms with E-state index < -0.39 is 11.7 Å². The number of hydrogen-bond donors (Lipinski definition) is 2. The van der Waals surface area contributed by atoms with Crippen molar-refractivity contribution in [1.29, 1.82) is 0 Å². The number of pyridine rings is 2. The minimum Gasteiger partial charge on any atom is -0.437 e. The van der Waals surface area contributed by atoms with Gasteiger partial charge in [-0.3, -0.25) is 14.6 Å². The molecule has 0 fully saturated rings. The third-order valence-electron chi connectivity index (χ3n) is 3.74. The lowest BCUT2D eigenvalue weighted by atomic mass is 10.2. The molecule has 0 spiro atoms. The number of hydrogen-bond acceptors (Lipinski definition) is 5.